The summed E-state index contributed by atoms with van der Waals surface area (Å²) in [5.41, 5.74) is 0. The number of rotatable bonds is 5. The molecule has 104 valence electrons. The Kier molecular flexibility index (Phi) is 4.96. The summed E-state index contributed by atoms with van der Waals surface area (Å²) in [5, 5.41) is 0. The summed E-state index contributed by atoms with van der Waals surface area (Å²) in [5.74, 6) is 2.19. The van der Waals surface area contributed by atoms with E-state index in [1.54, 1.807) is 11.8 Å². The van der Waals surface area contributed by atoms with Gasteiger partial charge in [-0.05, 0) is 25.3 Å². The van der Waals surface area contributed by atoms with Crippen LogP contribution in [0.15, 0.2) is 24.3 Å². The highest BCUT2D eigenvalue weighted by Crippen LogP contribution is 2.30. The molecule has 1 atom stereocenters. The van der Waals surface area contributed by atoms with Crippen molar-refractivity contribution < 1.29 is 14.3 Å². The molecule has 0 saturated carbocycles. The Hall–Kier alpha value is -1.36. The predicted octanol–water partition coefficient (Wildman–Crippen LogP) is 2.04. The van der Waals surface area contributed by atoms with Crippen molar-refractivity contribution in [3.8, 4) is 11.5 Å². The molecule has 1 aliphatic heterocycles. The molecule has 1 amide bonds. The van der Waals surface area contributed by atoms with Crippen molar-refractivity contribution in [1.29, 1.82) is 0 Å². The van der Waals surface area contributed by atoms with Crippen LogP contribution in [0.2, 0.25) is 0 Å². The Balaban J connectivity index is 1.95. The number of hydrogen-bond donors (Lipinski definition) is 0. The predicted molar refractivity (Wildman–Crippen MR) is 77.0 cm³/mol. The van der Waals surface area contributed by atoms with E-state index in [4.69, 9.17) is 9.47 Å². The second-order valence-electron chi connectivity index (χ2n) is 4.36. The zero-order chi connectivity index (χ0) is 13.7. The van der Waals surface area contributed by atoms with E-state index in [0.717, 1.165) is 11.5 Å². The topological polar surface area (TPSA) is 38.8 Å². The number of hydrogen-bond acceptors (Lipinski definition) is 4. The normalized spacial score (nSPS) is 17.1. The minimum Gasteiger partial charge on any atom is -0.486 e. The molecule has 0 fully saturated rings. The largest absolute Gasteiger partial charge is 0.486 e. The van der Waals surface area contributed by atoms with Crippen LogP contribution in [0.3, 0.4) is 0 Å². The van der Waals surface area contributed by atoms with Crippen LogP contribution in [0.5, 0.6) is 11.5 Å². The van der Waals surface area contributed by atoms with E-state index in [1.165, 1.54) is 0 Å². The highest BCUT2D eigenvalue weighted by atomic mass is 32.2. The molecule has 0 aromatic heterocycles. The summed E-state index contributed by atoms with van der Waals surface area (Å²) in [7, 11) is 0. The molecule has 1 aromatic rings. The van der Waals surface area contributed by atoms with Crippen molar-refractivity contribution in [1.82, 2.24) is 4.90 Å². The molecule has 19 heavy (non-hydrogen) atoms. The molecule has 0 N–H and O–H groups in total. The van der Waals surface area contributed by atoms with E-state index in [0.29, 0.717) is 25.4 Å². The lowest BCUT2D eigenvalue weighted by Crippen LogP contribution is -2.44. The van der Waals surface area contributed by atoms with Crippen LogP contribution in [0, 0.1) is 0 Å². The quantitative estimate of drug-likeness (QED) is 0.828. The molecule has 1 heterocycles. The maximum absolute atomic E-state index is 11.9. The first-order valence-corrected chi connectivity index (χ1v) is 7.79. The fourth-order valence-electron chi connectivity index (χ4n) is 2.02. The van der Waals surface area contributed by atoms with E-state index in [-0.39, 0.29) is 12.0 Å². The standard InChI is InChI=1S/C14H19NO3S/c1-3-15(14(16)10-19-2)8-11-9-17-12-6-4-5-7-13(12)18-11/h4-7,11H,3,8-10H2,1-2H3. The highest BCUT2D eigenvalue weighted by Gasteiger charge is 2.24. The summed E-state index contributed by atoms with van der Waals surface area (Å²) in [6.07, 6.45) is 1.84. The first-order valence-electron chi connectivity index (χ1n) is 6.39. The summed E-state index contributed by atoms with van der Waals surface area (Å²) >= 11 is 1.54. The van der Waals surface area contributed by atoms with Gasteiger partial charge in [0.2, 0.25) is 5.91 Å². The van der Waals surface area contributed by atoms with Gasteiger partial charge in [-0.2, -0.15) is 11.8 Å². The Morgan fingerprint density at radius 1 is 1.42 bits per heavy atom. The maximum Gasteiger partial charge on any atom is 0.232 e. The number of ether oxygens (including phenoxy) is 2. The monoisotopic (exact) mass is 281 g/mol. The molecule has 5 heteroatoms. The van der Waals surface area contributed by atoms with Gasteiger partial charge in [-0.25, -0.2) is 0 Å². The minimum atomic E-state index is -0.0966. The van der Waals surface area contributed by atoms with Gasteiger partial charge in [0, 0.05) is 6.54 Å². The van der Waals surface area contributed by atoms with Gasteiger partial charge in [0.15, 0.2) is 17.6 Å². The number of carbonyl (C=O) groups excluding carboxylic acids is 1. The van der Waals surface area contributed by atoms with Gasteiger partial charge in [-0.3, -0.25) is 4.79 Å². The molecule has 4 nitrogen and oxygen atoms in total. The van der Waals surface area contributed by atoms with Gasteiger partial charge < -0.3 is 14.4 Å². The fourth-order valence-corrected chi connectivity index (χ4v) is 2.45. The van der Waals surface area contributed by atoms with E-state index < -0.39 is 0 Å². The van der Waals surface area contributed by atoms with E-state index in [9.17, 15) is 4.79 Å². The van der Waals surface area contributed by atoms with Crippen LogP contribution < -0.4 is 9.47 Å². The number of amides is 1. The lowest BCUT2D eigenvalue weighted by molar-refractivity contribution is -0.129. The first kappa shape index (κ1) is 14.1. The molecular formula is C14H19NO3S. The van der Waals surface area contributed by atoms with Gasteiger partial charge in [-0.1, -0.05) is 12.1 Å². The molecule has 0 aliphatic carbocycles. The Morgan fingerprint density at radius 2 is 2.16 bits per heavy atom. The van der Waals surface area contributed by atoms with Gasteiger partial charge in [0.25, 0.3) is 0 Å². The SMILES string of the molecule is CCN(CC1COc2ccccc2O1)C(=O)CSC. The zero-order valence-corrected chi connectivity index (χ0v) is 12.1. The first-order chi connectivity index (χ1) is 9.24. The molecule has 1 aromatic carbocycles. The molecule has 0 saturated heterocycles. The zero-order valence-electron chi connectivity index (χ0n) is 11.3. The molecule has 2 rings (SSSR count). The summed E-state index contributed by atoms with van der Waals surface area (Å²) in [6, 6.07) is 7.62. The van der Waals surface area contributed by atoms with Crippen molar-refractivity contribution in [2.24, 2.45) is 0 Å². The molecule has 1 aliphatic rings. The van der Waals surface area contributed by atoms with Crippen LogP contribution >= 0.6 is 11.8 Å². The van der Waals surface area contributed by atoms with Gasteiger partial charge >= 0.3 is 0 Å². The van der Waals surface area contributed by atoms with E-state index in [1.807, 2.05) is 42.3 Å². The second-order valence-corrected chi connectivity index (χ2v) is 5.23. The van der Waals surface area contributed by atoms with Crippen molar-refractivity contribution >= 4 is 17.7 Å². The van der Waals surface area contributed by atoms with E-state index in [2.05, 4.69) is 0 Å². The van der Waals surface area contributed by atoms with Gasteiger partial charge in [0.05, 0.1) is 12.3 Å². The third-order valence-corrected chi connectivity index (χ3v) is 3.53. The average Bonchev–Trinajstić information content (AvgIpc) is 2.44. The lowest BCUT2D eigenvalue weighted by atomic mass is 10.2. The molecule has 0 spiro atoms. The lowest BCUT2D eigenvalue weighted by Gasteiger charge is -2.30. The number of fused-ring (bicyclic) bond motifs is 1. The number of likely N-dealkylation sites (N-methyl/N-ethyl adjacent to an activating group) is 1. The third-order valence-electron chi connectivity index (χ3n) is 2.99. The highest BCUT2D eigenvalue weighted by molar-refractivity contribution is 7.99. The van der Waals surface area contributed by atoms with Crippen LogP contribution in [-0.4, -0.2) is 48.6 Å². The van der Waals surface area contributed by atoms with Crippen LogP contribution in [0.4, 0.5) is 0 Å². The minimum absolute atomic E-state index is 0.0966. The van der Waals surface area contributed by atoms with Crippen molar-refractivity contribution in [3.63, 3.8) is 0 Å². The smallest absolute Gasteiger partial charge is 0.232 e. The molecule has 0 bridgehead atoms. The summed E-state index contributed by atoms with van der Waals surface area (Å²) < 4.78 is 11.5. The average molecular weight is 281 g/mol. The third kappa shape index (κ3) is 3.56. The van der Waals surface area contributed by atoms with Crippen molar-refractivity contribution in [3.05, 3.63) is 24.3 Å². The van der Waals surface area contributed by atoms with E-state index >= 15 is 0 Å². The fraction of sp³-hybridized carbons (Fsp3) is 0.500. The Bertz CT molecular complexity index is 438. The summed E-state index contributed by atoms with van der Waals surface area (Å²) in [6.45, 7) is 3.74. The van der Waals surface area contributed by atoms with Crippen LogP contribution in [0.1, 0.15) is 6.92 Å². The maximum atomic E-state index is 11.9. The van der Waals surface area contributed by atoms with Crippen molar-refractivity contribution in [2.45, 2.75) is 13.0 Å². The number of carbonyl (C=O) groups is 1. The second kappa shape index (κ2) is 6.70. The van der Waals surface area contributed by atoms with Crippen LogP contribution in [-0.2, 0) is 4.79 Å². The number of nitrogens with zero attached hydrogens (tertiary/aromatic N) is 1. The van der Waals surface area contributed by atoms with Gasteiger partial charge in [0.1, 0.15) is 6.61 Å². The number of thioether (sulfide) groups is 1. The molecule has 1 unspecified atom stereocenters. The van der Waals surface area contributed by atoms with Crippen molar-refractivity contribution in [2.75, 3.05) is 31.7 Å². The molecular weight excluding hydrogens is 262 g/mol. The number of benzene rings is 1. The van der Waals surface area contributed by atoms with Crippen LogP contribution in [0.25, 0.3) is 0 Å². The summed E-state index contributed by atoms with van der Waals surface area (Å²) in [4.78, 5) is 13.7. The molecule has 0 radical (unpaired) electrons. The van der Waals surface area contributed by atoms with Gasteiger partial charge in [-0.15, -0.1) is 0 Å². The Labute approximate surface area is 118 Å². The number of para-hydroxylation sites is 2. The Morgan fingerprint density at radius 3 is 2.84 bits per heavy atom.